The van der Waals surface area contributed by atoms with E-state index >= 15 is 0 Å². The number of carboxylic acid groups (broad SMARTS) is 1. The number of hydrogen-bond acceptors (Lipinski definition) is 2. The van der Waals surface area contributed by atoms with Gasteiger partial charge in [0.25, 0.3) is 0 Å². The van der Waals surface area contributed by atoms with E-state index in [-0.39, 0.29) is 17.2 Å². The lowest BCUT2D eigenvalue weighted by Crippen LogP contribution is -2.40. The van der Waals surface area contributed by atoms with Crippen LogP contribution in [-0.2, 0) is 4.79 Å². The van der Waals surface area contributed by atoms with E-state index in [1.54, 1.807) is 26.8 Å². The number of halogens is 4. The molecular formula is C15H14ClF3O3. The quantitative estimate of drug-likeness (QED) is 0.862. The number of alkyl halides is 3. The van der Waals surface area contributed by atoms with Crippen molar-refractivity contribution >= 4 is 23.6 Å². The SMILES string of the molecule is Cc1c(Cl)cc(C(C)C)c2c1C=C(C(=O)O)C(C(F)(F)F)O2. The van der Waals surface area contributed by atoms with Gasteiger partial charge in [-0.2, -0.15) is 13.2 Å². The van der Waals surface area contributed by atoms with E-state index in [4.69, 9.17) is 21.4 Å². The average Bonchev–Trinajstić information content (AvgIpc) is 2.40. The van der Waals surface area contributed by atoms with Gasteiger partial charge < -0.3 is 9.84 Å². The van der Waals surface area contributed by atoms with Crippen molar-refractivity contribution in [3.63, 3.8) is 0 Å². The second-order valence-corrected chi connectivity index (χ2v) is 5.82. The van der Waals surface area contributed by atoms with Crippen LogP contribution in [0.1, 0.15) is 36.5 Å². The second kappa shape index (κ2) is 5.50. The van der Waals surface area contributed by atoms with Crippen molar-refractivity contribution in [2.24, 2.45) is 0 Å². The zero-order valence-corrected chi connectivity index (χ0v) is 12.8. The van der Waals surface area contributed by atoms with Crippen LogP contribution in [0.3, 0.4) is 0 Å². The Morgan fingerprint density at radius 3 is 2.45 bits per heavy atom. The molecule has 0 saturated carbocycles. The Labute approximate surface area is 130 Å². The number of rotatable bonds is 2. The highest BCUT2D eigenvalue weighted by molar-refractivity contribution is 6.31. The zero-order valence-electron chi connectivity index (χ0n) is 12.1. The number of hydrogen-bond donors (Lipinski definition) is 1. The van der Waals surface area contributed by atoms with Crippen molar-refractivity contribution < 1.29 is 27.8 Å². The van der Waals surface area contributed by atoms with E-state index in [0.717, 1.165) is 6.08 Å². The van der Waals surface area contributed by atoms with Crippen LogP contribution in [0.15, 0.2) is 11.6 Å². The first-order valence-corrected chi connectivity index (χ1v) is 6.93. The Morgan fingerprint density at radius 1 is 1.41 bits per heavy atom. The molecule has 3 nitrogen and oxygen atoms in total. The largest absolute Gasteiger partial charge is 0.478 e. The summed E-state index contributed by atoms with van der Waals surface area (Å²) in [6.45, 7) is 5.20. The van der Waals surface area contributed by atoms with Gasteiger partial charge in [-0.3, -0.25) is 0 Å². The fourth-order valence-corrected chi connectivity index (χ4v) is 2.55. The highest BCUT2D eigenvalue weighted by atomic mass is 35.5. The number of fused-ring (bicyclic) bond motifs is 1. The highest BCUT2D eigenvalue weighted by Gasteiger charge is 2.49. The van der Waals surface area contributed by atoms with Crippen molar-refractivity contribution in [1.29, 1.82) is 0 Å². The molecule has 120 valence electrons. The maximum atomic E-state index is 13.1. The van der Waals surface area contributed by atoms with Crippen molar-refractivity contribution in [1.82, 2.24) is 0 Å². The van der Waals surface area contributed by atoms with Gasteiger partial charge in [0.05, 0.1) is 5.57 Å². The monoisotopic (exact) mass is 334 g/mol. The van der Waals surface area contributed by atoms with Crippen molar-refractivity contribution in [2.75, 3.05) is 0 Å². The molecule has 22 heavy (non-hydrogen) atoms. The maximum absolute atomic E-state index is 13.1. The molecule has 0 bridgehead atoms. The minimum atomic E-state index is -4.82. The average molecular weight is 335 g/mol. The predicted molar refractivity (Wildman–Crippen MR) is 76.4 cm³/mol. The molecule has 0 amide bonds. The minimum absolute atomic E-state index is 0.0456. The van der Waals surface area contributed by atoms with Crippen LogP contribution in [0.25, 0.3) is 6.08 Å². The molecule has 1 atom stereocenters. The van der Waals surface area contributed by atoms with Gasteiger partial charge in [-0.05, 0) is 36.1 Å². The molecule has 2 rings (SSSR count). The van der Waals surface area contributed by atoms with Gasteiger partial charge in [0.15, 0.2) is 0 Å². The predicted octanol–water partition coefficient (Wildman–Crippen LogP) is 4.56. The molecule has 1 unspecified atom stereocenters. The molecule has 1 heterocycles. The molecule has 1 aromatic carbocycles. The Balaban J connectivity index is 2.75. The third-order valence-electron chi connectivity index (χ3n) is 3.54. The van der Waals surface area contributed by atoms with Crippen molar-refractivity contribution in [3.05, 3.63) is 33.4 Å². The molecule has 1 N–H and O–H groups in total. The lowest BCUT2D eigenvalue weighted by Gasteiger charge is -2.30. The van der Waals surface area contributed by atoms with Gasteiger partial charge in [0.1, 0.15) is 5.75 Å². The minimum Gasteiger partial charge on any atom is -0.478 e. The zero-order chi connectivity index (χ0) is 16.8. The fourth-order valence-electron chi connectivity index (χ4n) is 2.33. The van der Waals surface area contributed by atoms with Gasteiger partial charge in [0.2, 0.25) is 6.10 Å². The second-order valence-electron chi connectivity index (χ2n) is 5.41. The van der Waals surface area contributed by atoms with Crippen molar-refractivity contribution in [3.8, 4) is 5.75 Å². The smallest absolute Gasteiger partial charge is 0.430 e. The lowest BCUT2D eigenvalue weighted by atomic mass is 9.91. The molecule has 1 aliphatic rings. The van der Waals surface area contributed by atoms with E-state index in [2.05, 4.69) is 0 Å². The number of carboxylic acids is 1. The molecule has 0 spiro atoms. The summed E-state index contributed by atoms with van der Waals surface area (Å²) < 4.78 is 44.4. The Bertz CT molecular complexity index is 663. The standard InChI is InChI=1S/C15H14ClF3O3/c1-6(2)8-5-11(16)7(3)9-4-10(14(20)21)13(15(17,18)19)22-12(8)9/h4-6,13H,1-3H3,(H,20,21). The first-order valence-electron chi connectivity index (χ1n) is 6.55. The van der Waals surface area contributed by atoms with Crippen molar-refractivity contribution in [2.45, 2.75) is 39.0 Å². The first kappa shape index (κ1) is 16.7. The van der Waals surface area contributed by atoms with Crippen LogP contribution in [0, 0.1) is 6.92 Å². The third-order valence-corrected chi connectivity index (χ3v) is 3.93. The lowest BCUT2D eigenvalue weighted by molar-refractivity contribution is -0.187. The molecule has 0 saturated heterocycles. The molecule has 0 aromatic heterocycles. The number of carbonyl (C=O) groups is 1. The van der Waals surface area contributed by atoms with Gasteiger partial charge in [-0.1, -0.05) is 25.4 Å². The molecule has 1 aliphatic heterocycles. The van der Waals surface area contributed by atoms with E-state index < -0.39 is 23.8 Å². The number of benzene rings is 1. The summed E-state index contributed by atoms with van der Waals surface area (Å²) in [5.74, 6) is -1.75. The normalized spacial score (nSPS) is 17.8. The van der Waals surface area contributed by atoms with Crippen LogP contribution in [0.2, 0.25) is 5.02 Å². The summed E-state index contributed by atoms with van der Waals surface area (Å²) in [5.41, 5.74) is 0.440. The Hall–Kier alpha value is -1.69. The molecule has 1 aromatic rings. The van der Waals surface area contributed by atoms with E-state index in [1.807, 2.05) is 0 Å². The van der Waals surface area contributed by atoms with Crippen LogP contribution in [0.4, 0.5) is 13.2 Å². The van der Waals surface area contributed by atoms with Gasteiger partial charge >= 0.3 is 12.1 Å². The Morgan fingerprint density at radius 2 is 2.00 bits per heavy atom. The summed E-state index contributed by atoms with van der Waals surface area (Å²) in [4.78, 5) is 11.2. The summed E-state index contributed by atoms with van der Waals surface area (Å²) in [6, 6.07) is 1.56. The summed E-state index contributed by atoms with van der Waals surface area (Å²) in [6.07, 6.45) is -6.30. The fraction of sp³-hybridized carbons (Fsp3) is 0.400. The van der Waals surface area contributed by atoms with E-state index in [9.17, 15) is 18.0 Å². The molecule has 0 fully saturated rings. The van der Waals surface area contributed by atoms with Crippen LogP contribution >= 0.6 is 11.6 Å². The molecular weight excluding hydrogens is 321 g/mol. The van der Waals surface area contributed by atoms with Gasteiger partial charge in [-0.15, -0.1) is 0 Å². The van der Waals surface area contributed by atoms with E-state index in [1.165, 1.54) is 0 Å². The highest BCUT2D eigenvalue weighted by Crippen LogP contribution is 2.44. The summed E-state index contributed by atoms with van der Waals surface area (Å²) in [7, 11) is 0. The molecule has 7 heteroatoms. The van der Waals surface area contributed by atoms with Gasteiger partial charge in [-0.25, -0.2) is 4.79 Å². The van der Waals surface area contributed by atoms with Crippen LogP contribution in [-0.4, -0.2) is 23.4 Å². The molecule has 0 aliphatic carbocycles. The Kier molecular flexibility index (Phi) is 4.17. The van der Waals surface area contributed by atoms with Crippen LogP contribution in [0.5, 0.6) is 5.75 Å². The number of ether oxygens (including phenoxy) is 1. The van der Waals surface area contributed by atoms with Gasteiger partial charge in [0, 0.05) is 10.6 Å². The first-order chi connectivity index (χ1) is 10.0. The molecule has 0 radical (unpaired) electrons. The topological polar surface area (TPSA) is 46.5 Å². The summed E-state index contributed by atoms with van der Waals surface area (Å²) in [5, 5.41) is 9.41. The third kappa shape index (κ3) is 2.79. The number of aliphatic carboxylic acids is 1. The summed E-state index contributed by atoms with van der Waals surface area (Å²) >= 11 is 6.09. The van der Waals surface area contributed by atoms with E-state index in [0.29, 0.717) is 16.1 Å². The van der Waals surface area contributed by atoms with Crippen LogP contribution < -0.4 is 4.74 Å². The maximum Gasteiger partial charge on any atom is 0.430 e.